The fourth-order valence-corrected chi connectivity index (χ4v) is 4.49. The third-order valence-electron chi connectivity index (χ3n) is 3.39. The first kappa shape index (κ1) is 14.0. The first-order valence-electron chi connectivity index (χ1n) is 6.31. The minimum atomic E-state index is -2.79. The van der Waals surface area contributed by atoms with Gasteiger partial charge in [0.25, 0.3) is 0 Å². The topological polar surface area (TPSA) is 54.4 Å². The second kappa shape index (κ2) is 6.01. The predicted molar refractivity (Wildman–Crippen MR) is 66.1 cm³/mol. The number of hydrogen-bond donors (Lipinski definition) is 1. The molecule has 1 aliphatic heterocycles. The highest BCUT2D eigenvalue weighted by Gasteiger charge is 2.29. The largest absolute Gasteiger partial charge is 0.393 e. The molecule has 0 aromatic carbocycles. The van der Waals surface area contributed by atoms with Gasteiger partial charge in [0.2, 0.25) is 0 Å². The van der Waals surface area contributed by atoms with Crippen LogP contribution in [0.2, 0.25) is 0 Å². The third kappa shape index (κ3) is 4.83. The zero-order valence-electron chi connectivity index (χ0n) is 10.4. The van der Waals surface area contributed by atoms with Crippen molar-refractivity contribution in [2.45, 2.75) is 52.1 Å². The van der Waals surface area contributed by atoms with Crippen molar-refractivity contribution in [2.75, 3.05) is 11.5 Å². The van der Waals surface area contributed by atoms with Crippen LogP contribution in [-0.4, -0.2) is 31.1 Å². The molecule has 16 heavy (non-hydrogen) atoms. The van der Waals surface area contributed by atoms with Crippen LogP contribution in [0.15, 0.2) is 0 Å². The average Bonchev–Trinajstić information content (AvgIpc) is 2.45. The van der Waals surface area contributed by atoms with Gasteiger partial charge < -0.3 is 5.11 Å². The van der Waals surface area contributed by atoms with Crippen molar-refractivity contribution in [2.24, 2.45) is 11.8 Å². The highest BCUT2D eigenvalue weighted by Crippen LogP contribution is 2.25. The van der Waals surface area contributed by atoms with E-state index in [1.54, 1.807) is 0 Å². The number of aliphatic hydroxyl groups is 1. The summed E-state index contributed by atoms with van der Waals surface area (Å²) in [7, 11) is -2.79. The second-order valence-corrected chi connectivity index (χ2v) is 7.52. The van der Waals surface area contributed by atoms with Crippen molar-refractivity contribution >= 4 is 9.84 Å². The molecule has 0 spiro atoms. The van der Waals surface area contributed by atoms with Crippen LogP contribution >= 0.6 is 0 Å². The number of sulfone groups is 1. The Morgan fingerprint density at radius 3 is 2.62 bits per heavy atom. The van der Waals surface area contributed by atoms with E-state index in [4.69, 9.17) is 0 Å². The molecule has 0 aromatic heterocycles. The third-order valence-corrected chi connectivity index (χ3v) is 5.23. The van der Waals surface area contributed by atoms with Gasteiger partial charge in [-0.15, -0.1) is 0 Å². The summed E-state index contributed by atoms with van der Waals surface area (Å²) in [4.78, 5) is 0. The first-order valence-corrected chi connectivity index (χ1v) is 8.13. The first-order chi connectivity index (χ1) is 7.43. The van der Waals surface area contributed by atoms with E-state index in [0.717, 1.165) is 25.7 Å². The Morgan fingerprint density at radius 1 is 1.44 bits per heavy atom. The molecule has 96 valence electrons. The summed E-state index contributed by atoms with van der Waals surface area (Å²) in [6.45, 7) is 4.30. The van der Waals surface area contributed by atoms with Gasteiger partial charge in [-0.1, -0.05) is 26.7 Å². The summed E-state index contributed by atoms with van der Waals surface area (Å²) in [6.07, 6.45) is 4.17. The van der Waals surface area contributed by atoms with Crippen LogP contribution in [0.25, 0.3) is 0 Å². The van der Waals surface area contributed by atoms with E-state index in [1.807, 2.05) is 0 Å². The highest BCUT2D eigenvalue weighted by molar-refractivity contribution is 7.91. The molecule has 0 aromatic rings. The van der Waals surface area contributed by atoms with E-state index in [2.05, 4.69) is 13.8 Å². The molecular weight excluding hydrogens is 224 g/mol. The fourth-order valence-electron chi connectivity index (χ4n) is 2.61. The summed E-state index contributed by atoms with van der Waals surface area (Å²) >= 11 is 0. The van der Waals surface area contributed by atoms with E-state index in [9.17, 15) is 13.5 Å². The van der Waals surface area contributed by atoms with Gasteiger partial charge in [0.15, 0.2) is 9.84 Å². The maximum absolute atomic E-state index is 11.3. The van der Waals surface area contributed by atoms with Crippen LogP contribution < -0.4 is 0 Å². The van der Waals surface area contributed by atoms with Gasteiger partial charge in [-0.3, -0.25) is 0 Å². The molecule has 3 unspecified atom stereocenters. The molecule has 1 aliphatic rings. The number of hydrogen-bond acceptors (Lipinski definition) is 3. The van der Waals surface area contributed by atoms with E-state index in [1.165, 1.54) is 0 Å². The number of rotatable bonds is 6. The summed E-state index contributed by atoms with van der Waals surface area (Å²) in [5, 5.41) is 9.88. The summed E-state index contributed by atoms with van der Waals surface area (Å²) in [5.41, 5.74) is 0. The molecule has 1 fully saturated rings. The Bertz CT molecular complexity index is 297. The Balaban J connectivity index is 2.27. The predicted octanol–water partition coefficient (Wildman–Crippen LogP) is 2.00. The molecule has 0 amide bonds. The standard InChI is InChI=1S/C12H24O3S/c1-3-4-10(2)7-12(13)8-11-5-6-16(14,15)9-11/h10-13H,3-9H2,1-2H3. The molecule has 0 bridgehead atoms. The van der Waals surface area contributed by atoms with Crippen LogP contribution in [0.1, 0.15) is 46.0 Å². The molecule has 3 atom stereocenters. The van der Waals surface area contributed by atoms with Crippen LogP contribution in [0.4, 0.5) is 0 Å². The van der Waals surface area contributed by atoms with Gasteiger partial charge in [0.05, 0.1) is 17.6 Å². The zero-order chi connectivity index (χ0) is 12.2. The number of aliphatic hydroxyl groups excluding tert-OH is 1. The summed E-state index contributed by atoms with van der Waals surface area (Å²) < 4.78 is 22.5. The second-order valence-electron chi connectivity index (χ2n) is 5.29. The van der Waals surface area contributed by atoms with Gasteiger partial charge in [0, 0.05) is 0 Å². The minimum Gasteiger partial charge on any atom is -0.393 e. The lowest BCUT2D eigenvalue weighted by molar-refractivity contribution is 0.118. The average molecular weight is 248 g/mol. The van der Waals surface area contributed by atoms with Crippen LogP contribution in [0.3, 0.4) is 0 Å². The van der Waals surface area contributed by atoms with Gasteiger partial charge in [-0.05, 0) is 31.1 Å². The van der Waals surface area contributed by atoms with Gasteiger partial charge >= 0.3 is 0 Å². The lowest BCUT2D eigenvalue weighted by atomic mass is 9.92. The Labute approximate surface area is 99.2 Å². The quantitative estimate of drug-likeness (QED) is 0.782. The molecule has 1 rings (SSSR count). The molecule has 4 heteroatoms. The molecule has 0 saturated carbocycles. The van der Waals surface area contributed by atoms with Gasteiger partial charge in [0.1, 0.15) is 0 Å². The fraction of sp³-hybridized carbons (Fsp3) is 1.00. The lowest BCUT2D eigenvalue weighted by Crippen LogP contribution is -2.17. The molecule has 1 N–H and O–H groups in total. The maximum atomic E-state index is 11.3. The Hall–Kier alpha value is -0.0900. The molecular formula is C12H24O3S. The van der Waals surface area contributed by atoms with Crippen molar-refractivity contribution < 1.29 is 13.5 Å². The Morgan fingerprint density at radius 2 is 2.12 bits per heavy atom. The lowest BCUT2D eigenvalue weighted by Gasteiger charge is -2.18. The van der Waals surface area contributed by atoms with Crippen molar-refractivity contribution in [3.8, 4) is 0 Å². The molecule has 1 saturated heterocycles. The van der Waals surface area contributed by atoms with E-state index in [-0.39, 0.29) is 17.8 Å². The smallest absolute Gasteiger partial charge is 0.150 e. The van der Waals surface area contributed by atoms with Crippen LogP contribution in [0, 0.1) is 11.8 Å². The van der Waals surface area contributed by atoms with E-state index >= 15 is 0 Å². The highest BCUT2D eigenvalue weighted by atomic mass is 32.2. The van der Waals surface area contributed by atoms with Crippen molar-refractivity contribution in [3.63, 3.8) is 0 Å². The Kier molecular flexibility index (Phi) is 5.25. The van der Waals surface area contributed by atoms with E-state index < -0.39 is 9.84 Å². The molecule has 0 radical (unpaired) electrons. The summed E-state index contributed by atoms with van der Waals surface area (Å²) in [6, 6.07) is 0. The van der Waals surface area contributed by atoms with Crippen LogP contribution in [0.5, 0.6) is 0 Å². The van der Waals surface area contributed by atoms with E-state index in [0.29, 0.717) is 18.1 Å². The van der Waals surface area contributed by atoms with Crippen LogP contribution in [-0.2, 0) is 9.84 Å². The van der Waals surface area contributed by atoms with Crippen molar-refractivity contribution in [3.05, 3.63) is 0 Å². The minimum absolute atomic E-state index is 0.189. The van der Waals surface area contributed by atoms with Gasteiger partial charge in [-0.2, -0.15) is 0 Å². The SMILES string of the molecule is CCCC(C)CC(O)CC1CCS(=O)(=O)C1. The monoisotopic (exact) mass is 248 g/mol. The molecule has 3 nitrogen and oxygen atoms in total. The van der Waals surface area contributed by atoms with Crippen molar-refractivity contribution in [1.82, 2.24) is 0 Å². The normalized spacial score (nSPS) is 27.8. The maximum Gasteiger partial charge on any atom is 0.150 e. The molecule has 1 heterocycles. The summed E-state index contributed by atoms with van der Waals surface area (Å²) in [5.74, 6) is 1.33. The van der Waals surface area contributed by atoms with Gasteiger partial charge in [-0.25, -0.2) is 8.42 Å². The van der Waals surface area contributed by atoms with Crippen molar-refractivity contribution in [1.29, 1.82) is 0 Å². The molecule has 0 aliphatic carbocycles. The zero-order valence-corrected chi connectivity index (χ0v) is 11.2.